The van der Waals surface area contributed by atoms with Gasteiger partial charge in [-0.15, -0.1) is 0 Å². The third-order valence-corrected chi connectivity index (χ3v) is 4.47. The summed E-state index contributed by atoms with van der Waals surface area (Å²) < 4.78 is 5.36. The second-order valence-corrected chi connectivity index (χ2v) is 7.94. The van der Waals surface area contributed by atoms with Crippen LogP contribution in [0.25, 0.3) is 11.1 Å². The third-order valence-electron chi connectivity index (χ3n) is 4.47. The van der Waals surface area contributed by atoms with Gasteiger partial charge in [0.2, 0.25) is 0 Å². The Morgan fingerprint density at radius 3 is 2.28 bits per heavy atom. The molecule has 0 radical (unpaired) electrons. The van der Waals surface area contributed by atoms with E-state index in [0.717, 1.165) is 22.3 Å². The molecular formula is C23H30N2O4. The molecule has 0 unspecified atom stereocenters. The monoisotopic (exact) mass is 398 g/mol. The largest absolute Gasteiger partial charge is 0.459 e. The minimum absolute atomic E-state index is 0.256. The summed E-state index contributed by atoms with van der Waals surface area (Å²) in [7, 11) is 1.88. The zero-order chi connectivity index (χ0) is 21.4. The number of nitrogens with one attached hydrogen (secondary N) is 1. The summed E-state index contributed by atoms with van der Waals surface area (Å²) in [6.07, 6.45) is 0.775. The van der Waals surface area contributed by atoms with Gasteiger partial charge in [-0.2, -0.15) is 5.90 Å². The van der Waals surface area contributed by atoms with Gasteiger partial charge in [-0.25, -0.2) is 4.79 Å². The molecule has 0 fully saturated rings. The van der Waals surface area contributed by atoms with Crippen LogP contribution < -0.4 is 11.2 Å². The average molecular weight is 399 g/mol. The quantitative estimate of drug-likeness (QED) is 0.402. The SMILES string of the molecule is CNCc1cc(-c2ccccc2)ccc1CC[C@@H](C(=O)ON)C(=O)OC(C)(C)C. The molecular weight excluding hydrogens is 368 g/mol. The van der Waals surface area contributed by atoms with Crippen molar-refractivity contribution in [3.63, 3.8) is 0 Å². The van der Waals surface area contributed by atoms with Gasteiger partial charge in [0.1, 0.15) is 5.60 Å². The van der Waals surface area contributed by atoms with Crippen molar-refractivity contribution in [3.8, 4) is 11.1 Å². The van der Waals surface area contributed by atoms with Crippen LogP contribution in [0.15, 0.2) is 48.5 Å². The molecule has 0 amide bonds. The van der Waals surface area contributed by atoms with Crippen molar-refractivity contribution in [1.82, 2.24) is 5.32 Å². The van der Waals surface area contributed by atoms with Crippen LogP contribution in [0.3, 0.4) is 0 Å². The average Bonchev–Trinajstić information content (AvgIpc) is 2.68. The minimum Gasteiger partial charge on any atom is -0.459 e. The lowest BCUT2D eigenvalue weighted by molar-refractivity contribution is -0.169. The lowest BCUT2D eigenvalue weighted by atomic mass is 9.93. The highest BCUT2D eigenvalue weighted by Crippen LogP contribution is 2.25. The summed E-state index contributed by atoms with van der Waals surface area (Å²) in [5.74, 6) is 2.57. The number of nitrogens with two attached hydrogens (primary N) is 1. The maximum Gasteiger partial charge on any atom is 0.338 e. The van der Waals surface area contributed by atoms with Gasteiger partial charge < -0.3 is 14.9 Å². The topological polar surface area (TPSA) is 90.6 Å². The third kappa shape index (κ3) is 6.69. The molecule has 0 saturated heterocycles. The Kier molecular flexibility index (Phi) is 7.93. The van der Waals surface area contributed by atoms with Gasteiger partial charge in [0.25, 0.3) is 0 Å². The molecule has 0 heterocycles. The van der Waals surface area contributed by atoms with Gasteiger partial charge in [0.15, 0.2) is 5.92 Å². The Balaban J connectivity index is 2.22. The van der Waals surface area contributed by atoms with E-state index in [1.54, 1.807) is 20.8 Å². The number of hydrogen-bond acceptors (Lipinski definition) is 6. The fraction of sp³-hybridized carbons (Fsp3) is 0.391. The lowest BCUT2D eigenvalue weighted by Crippen LogP contribution is -2.35. The first-order chi connectivity index (χ1) is 13.7. The van der Waals surface area contributed by atoms with Crippen LogP contribution in [0.2, 0.25) is 0 Å². The molecule has 156 valence electrons. The molecule has 29 heavy (non-hydrogen) atoms. The van der Waals surface area contributed by atoms with Crippen LogP contribution in [-0.2, 0) is 32.1 Å². The number of ether oxygens (including phenoxy) is 1. The van der Waals surface area contributed by atoms with Gasteiger partial charge in [0, 0.05) is 6.54 Å². The van der Waals surface area contributed by atoms with Crippen LogP contribution in [-0.4, -0.2) is 24.6 Å². The fourth-order valence-corrected chi connectivity index (χ4v) is 3.12. The van der Waals surface area contributed by atoms with Gasteiger partial charge >= 0.3 is 11.9 Å². The molecule has 6 nitrogen and oxygen atoms in total. The molecule has 2 aromatic carbocycles. The second-order valence-electron chi connectivity index (χ2n) is 7.94. The number of hydrogen-bond donors (Lipinski definition) is 2. The molecule has 1 atom stereocenters. The first kappa shape index (κ1) is 22.6. The van der Waals surface area contributed by atoms with Crippen LogP contribution >= 0.6 is 0 Å². The Morgan fingerprint density at radius 1 is 1.00 bits per heavy atom. The Labute approximate surface area is 172 Å². The highest BCUT2D eigenvalue weighted by atomic mass is 16.7. The Hall–Kier alpha value is -2.70. The highest BCUT2D eigenvalue weighted by Gasteiger charge is 2.32. The molecule has 0 aliphatic heterocycles. The van der Waals surface area contributed by atoms with Crippen molar-refractivity contribution < 1.29 is 19.2 Å². The Morgan fingerprint density at radius 2 is 1.69 bits per heavy atom. The van der Waals surface area contributed by atoms with Gasteiger partial charge in [0.05, 0.1) is 0 Å². The number of carbonyl (C=O) groups is 2. The summed E-state index contributed by atoms with van der Waals surface area (Å²) in [6.45, 7) is 5.93. The van der Waals surface area contributed by atoms with E-state index in [1.807, 2.05) is 37.4 Å². The maximum atomic E-state index is 12.4. The molecule has 0 aliphatic carbocycles. The van der Waals surface area contributed by atoms with Gasteiger partial charge in [-0.1, -0.05) is 42.5 Å². The molecule has 6 heteroatoms. The smallest absolute Gasteiger partial charge is 0.338 e. The fourth-order valence-electron chi connectivity index (χ4n) is 3.12. The van der Waals surface area contributed by atoms with E-state index in [-0.39, 0.29) is 6.42 Å². The van der Waals surface area contributed by atoms with E-state index < -0.39 is 23.5 Å². The van der Waals surface area contributed by atoms with Gasteiger partial charge in [-0.3, -0.25) is 4.79 Å². The molecule has 0 saturated carbocycles. The van der Waals surface area contributed by atoms with Crippen molar-refractivity contribution in [3.05, 3.63) is 59.7 Å². The number of esters is 1. The molecule has 0 aliphatic rings. The summed E-state index contributed by atoms with van der Waals surface area (Å²) in [6, 6.07) is 16.3. The number of rotatable bonds is 8. The van der Waals surface area contributed by atoms with E-state index in [9.17, 15) is 9.59 Å². The van der Waals surface area contributed by atoms with Crippen LogP contribution in [0.1, 0.15) is 38.3 Å². The van der Waals surface area contributed by atoms with Crippen LogP contribution in [0.4, 0.5) is 0 Å². The standard InChI is InChI=1S/C23H30N2O4/c1-23(2,3)28-21(26)20(22(27)29-24)13-12-17-10-11-18(14-19(17)15-25-4)16-8-6-5-7-9-16/h5-11,14,20,25H,12-13,15,24H2,1-4H3/t20-/m1/s1. The first-order valence-corrected chi connectivity index (χ1v) is 9.70. The first-order valence-electron chi connectivity index (χ1n) is 9.70. The normalized spacial score (nSPS) is 12.3. The molecule has 2 rings (SSSR count). The summed E-state index contributed by atoms with van der Waals surface area (Å²) in [5, 5.41) is 3.18. The van der Waals surface area contributed by atoms with Crippen molar-refractivity contribution in [1.29, 1.82) is 0 Å². The number of carbonyl (C=O) groups excluding carboxylic acids is 2. The maximum absolute atomic E-state index is 12.4. The molecule has 3 N–H and O–H groups in total. The van der Waals surface area contributed by atoms with Crippen molar-refractivity contribution in [2.24, 2.45) is 11.8 Å². The van der Waals surface area contributed by atoms with E-state index in [4.69, 9.17) is 10.6 Å². The van der Waals surface area contributed by atoms with Gasteiger partial charge in [-0.05, 0) is 69.0 Å². The van der Waals surface area contributed by atoms with Crippen molar-refractivity contribution >= 4 is 11.9 Å². The predicted octanol–water partition coefficient (Wildman–Crippen LogP) is 3.38. The minimum atomic E-state index is -1.06. The zero-order valence-electron chi connectivity index (χ0n) is 17.5. The zero-order valence-corrected chi connectivity index (χ0v) is 17.5. The lowest BCUT2D eigenvalue weighted by Gasteiger charge is -2.23. The van der Waals surface area contributed by atoms with Crippen molar-refractivity contribution in [2.45, 2.75) is 45.8 Å². The van der Waals surface area contributed by atoms with E-state index in [2.05, 4.69) is 28.4 Å². The summed E-state index contributed by atoms with van der Waals surface area (Å²) >= 11 is 0. The molecule has 0 bridgehead atoms. The highest BCUT2D eigenvalue weighted by molar-refractivity contribution is 5.94. The number of aryl methyl sites for hydroxylation is 1. The Bertz CT molecular complexity index is 829. The molecule has 2 aromatic rings. The molecule has 0 spiro atoms. The summed E-state index contributed by atoms with van der Waals surface area (Å²) in [5.41, 5.74) is 3.72. The van der Waals surface area contributed by atoms with Crippen LogP contribution in [0.5, 0.6) is 0 Å². The van der Waals surface area contributed by atoms with E-state index in [1.165, 1.54) is 0 Å². The summed E-state index contributed by atoms with van der Waals surface area (Å²) in [4.78, 5) is 28.8. The predicted molar refractivity (Wildman–Crippen MR) is 113 cm³/mol. The number of benzene rings is 2. The van der Waals surface area contributed by atoms with E-state index in [0.29, 0.717) is 13.0 Å². The van der Waals surface area contributed by atoms with Crippen molar-refractivity contribution in [2.75, 3.05) is 7.05 Å². The molecule has 0 aromatic heterocycles. The van der Waals surface area contributed by atoms with E-state index >= 15 is 0 Å². The van der Waals surface area contributed by atoms with Crippen LogP contribution in [0, 0.1) is 5.92 Å². The second kappa shape index (κ2) is 10.2.